The summed E-state index contributed by atoms with van der Waals surface area (Å²) in [4.78, 5) is 4.63. The van der Waals surface area contributed by atoms with E-state index < -0.39 is 0 Å². The monoisotopic (exact) mass is 342 g/mol. The Balaban J connectivity index is 1.72. The first-order chi connectivity index (χ1) is 12.0. The lowest BCUT2D eigenvalue weighted by Crippen LogP contribution is -2.48. The lowest BCUT2D eigenvalue weighted by molar-refractivity contribution is 0.145. The Bertz CT molecular complexity index is 633. The lowest BCUT2D eigenvalue weighted by atomic mass is 9.89. The van der Waals surface area contributed by atoms with Crippen molar-refractivity contribution in [3.8, 4) is 6.07 Å². The number of rotatable bonds is 3. The summed E-state index contributed by atoms with van der Waals surface area (Å²) in [5.41, 5.74) is 2.74. The van der Waals surface area contributed by atoms with Gasteiger partial charge in [-0.2, -0.15) is 5.26 Å². The molecule has 3 unspecified atom stereocenters. The van der Waals surface area contributed by atoms with Crippen LogP contribution in [0.25, 0.3) is 0 Å². The first-order valence-corrected chi connectivity index (χ1v) is 9.42. The zero-order valence-corrected chi connectivity index (χ0v) is 15.6. The molecule has 3 rings (SSSR count). The molecular weight excluding hydrogens is 312 g/mol. The number of hydrogen-bond donors (Lipinski definition) is 2. The van der Waals surface area contributed by atoms with Crippen LogP contribution in [0.1, 0.15) is 38.7 Å². The Hall–Kier alpha value is -1.77. The number of aliphatic hydroxyl groups is 1. The van der Waals surface area contributed by atoms with E-state index in [1.165, 1.54) is 0 Å². The highest BCUT2D eigenvalue weighted by Crippen LogP contribution is 2.29. The third kappa shape index (κ3) is 4.08. The van der Waals surface area contributed by atoms with Crippen molar-refractivity contribution in [2.24, 2.45) is 5.92 Å². The SMILES string of the molecule is CC1CN(C)C(C)CC1Nc1ccc(N2CCC(O)CC2)c(C#N)c1. The van der Waals surface area contributed by atoms with E-state index in [0.717, 1.165) is 55.8 Å². The summed E-state index contributed by atoms with van der Waals surface area (Å²) >= 11 is 0. The lowest BCUT2D eigenvalue weighted by Gasteiger charge is -2.40. The molecule has 0 saturated carbocycles. The highest BCUT2D eigenvalue weighted by molar-refractivity contribution is 5.66. The van der Waals surface area contributed by atoms with Crippen LogP contribution in [0, 0.1) is 17.2 Å². The minimum absolute atomic E-state index is 0.198. The largest absolute Gasteiger partial charge is 0.393 e. The van der Waals surface area contributed by atoms with Gasteiger partial charge in [0.15, 0.2) is 0 Å². The van der Waals surface area contributed by atoms with Crippen LogP contribution in [0.3, 0.4) is 0 Å². The molecule has 0 radical (unpaired) electrons. The van der Waals surface area contributed by atoms with Crippen molar-refractivity contribution in [1.82, 2.24) is 4.90 Å². The topological polar surface area (TPSA) is 62.5 Å². The van der Waals surface area contributed by atoms with E-state index in [4.69, 9.17) is 0 Å². The number of nitriles is 1. The molecule has 5 heteroatoms. The molecule has 2 saturated heterocycles. The Morgan fingerprint density at radius 1 is 1.24 bits per heavy atom. The molecule has 2 aliphatic rings. The number of likely N-dealkylation sites (tertiary alicyclic amines) is 1. The molecule has 2 heterocycles. The summed E-state index contributed by atoms with van der Waals surface area (Å²) in [5, 5.41) is 22.9. The second-order valence-corrected chi connectivity index (χ2v) is 7.81. The minimum Gasteiger partial charge on any atom is -0.393 e. The van der Waals surface area contributed by atoms with Crippen LogP contribution < -0.4 is 10.2 Å². The molecule has 5 nitrogen and oxygen atoms in total. The Kier molecular flexibility index (Phi) is 5.51. The van der Waals surface area contributed by atoms with Gasteiger partial charge in [0.25, 0.3) is 0 Å². The zero-order chi connectivity index (χ0) is 18.0. The second kappa shape index (κ2) is 7.63. The van der Waals surface area contributed by atoms with E-state index in [1.54, 1.807) is 0 Å². The molecule has 0 aromatic heterocycles. The van der Waals surface area contributed by atoms with Gasteiger partial charge in [-0.25, -0.2) is 0 Å². The molecule has 0 amide bonds. The molecular formula is C20H30N4O. The van der Waals surface area contributed by atoms with Crippen LogP contribution in [0.4, 0.5) is 11.4 Å². The van der Waals surface area contributed by atoms with Crippen molar-refractivity contribution < 1.29 is 5.11 Å². The fourth-order valence-corrected chi connectivity index (χ4v) is 4.05. The molecule has 0 aliphatic carbocycles. The number of anilines is 2. The molecule has 1 aromatic carbocycles. The molecule has 2 fully saturated rings. The maximum atomic E-state index is 9.69. The first kappa shape index (κ1) is 18.0. The van der Waals surface area contributed by atoms with Gasteiger partial charge in [0.05, 0.1) is 17.4 Å². The smallest absolute Gasteiger partial charge is 0.101 e. The van der Waals surface area contributed by atoms with E-state index in [-0.39, 0.29) is 6.10 Å². The number of nitrogens with zero attached hydrogens (tertiary/aromatic N) is 3. The van der Waals surface area contributed by atoms with E-state index >= 15 is 0 Å². The van der Waals surface area contributed by atoms with Crippen molar-refractivity contribution >= 4 is 11.4 Å². The van der Waals surface area contributed by atoms with Crippen LogP contribution in [0.15, 0.2) is 18.2 Å². The van der Waals surface area contributed by atoms with E-state index in [0.29, 0.717) is 18.0 Å². The Morgan fingerprint density at radius 3 is 2.64 bits per heavy atom. The average Bonchev–Trinajstić information content (AvgIpc) is 2.60. The van der Waals surface area contributed by atoms with Gasteiger partial charge < -0.3 is 20.2 Å². The van der Waals surface area contributed by atoms with Crippen LogP contribution in [-0.2, 0) is 0 Å². The molecule has 25 heavy (non-hydrogen) atoms. The van der Waals surface area contributed by atoms with Crippen LogP contribution in [0.5, 0.6) is 0 Å². The van der Waals surface area contributed by atoms with Crippen LogP contribution in [-0.4, -0.2) is 54.9 Å². The van der Waals surface area contributed by atoms with Crippen molar-refractivity contribution in [2.45, 2.75) is 51.3 Å². The minimum atomic E-state index is -0.198. The molecule has 136 valence electrons. The van der Waals surface area contributed by atoms with Crippen LogP contribution >= 0.6 is 0 Å². The fourth-order valence-electron chi connectivity index (χ4n) is 4.05. The van der Waals surface area contributed by atoms with Gasteiger partial charge in [0.2, 0.25) is 0 Å². The number of benzene rings is 1. The van der Waals surface area contributed by atoms with Crippen molar-refractivity contribution in [2.75, 3.05) is 36.9 Å². The molecule has 3 atom stereocenters. The summed E-state index contributed by atoms with van der Waals surface area (Å²) in [6.07, 6.45) is 2.47. The van der Waals surface area contributed by atoms with Gasteiger partial charge in [0, 0.05) is 37.4 Å². The highest BCUT2D eigenvalue weighted by atomic mass is 16.3. The first-order valence-electron chi connectivity index (χ1n) is 9.42. The number of nitrogens with one attached hydrogen (secondary N) is 1. The Labute approximate surface area is 151 Å². The number of piperidine rings is 2. The van der Waals surface area contributed by atoms with E-state index in [2.05, 4.69) is 54.2 Å². The summed E-state index contributed by atoms with van der Waals surface area (Å²) in [6, 6.07) is 9.50. The van der Waals surface area contributed by atoms with Crippen LogP contribution in [0.2, 0.25) is 0 Å². The molecule has 0 spiro atoms. The molecule has 1 aromatic rings. The van der Waals surface area contributed by atoms with Crippen molar-refractivity contribution in [1.29, 1.82) is 5.26 Å². The number of hydrogen-bond acceptors (Lipinski definition) is 5. The standard InChI is InChI=1S/C20H30N4O/c1-14-13-23(3)15(2)10-19(14)22-17-4-5-20(16(11-17)12-21)24-8-6-18(25)7-9-24/h4-5,11,14-15,18-19,22,25H,6-10,13H2,1-3H3. The van der Waals surface area contributed by atoms with Gasteiger partial charge in [0.1, 0.15) is 6.07 Å². The van der Waals surface area contributed by atoms with Crippen molar-refractivity contribution in [3.63, 3.8) is 0 Å². The summed E-state index contributed by atoms with van der Waals surface area (Å²) < 4.78 is 0. The normalized spacial score (nSPS) is 28.6. The summed E-state index contributed by atoms with van der Waals surface area (Å²) in [7, 11) is 2.19. The van der Waals surface area contributed by atoms with E-state index in [9.17, 15) is 10.4 Å². The average molecular weight is 342 g/mol. The maximum absolute atomic E-state index is 9.69. The summed E-state index contributed by atoms with van der Waals surface area (Å²) in [5.74, 6) is 0.579. The fraction of sp³-hybridized carbons (Fsp3) is 0.650. The van der Waals surface area contributed by atoms with Gasteiger partial charge in [-0.1, -0.05) is 6.92 Å². The third-order valence-electron chi connectivity index (χ3n) is 5.88. The third-order valence-corrected chi connectivity index (χ3v) is 5.88. The quantitative estimate of drug-likeness (QED) is 0.884. The maximum Gasteiger partial charge on any atom is 0.101 e. The predicted molar refractivity (Wildman–Crippen MR) is 102 cm³/mol. The highest BCUT2D eigenvalue weighted by Gasteiger charge is 2.29. The summed E-state index contributed by atoms with van der Waals surface area (Å²) in [6.45, 7) is 7.28. The second-order valence-electron chi connectivity index (χ2n) is 7.81. The predicted octanol–water partition coefficient (Wildman–Crippen LogP) is 2.66. The molecule has 2 aliphatic heterocycles. The zero-order valence-electron chi connectivity index (χ0n) is 15.6. The van der Waals surface area contributed by atoms with Gasteiger partial charge >= 0.3 is 0 Å². The van der Waals surface area contributed by atoms with Crippen molar-refractivity contribution in [3.05, 3.63) is 23.8 Å². The van der Waals surface area contributed by atoms with Gasteiger partial charge in [-0.3, -0.25) is 0 Å². The van der Waals surface area contributed by atoms with Gasteiger partial charge in [-0.15, -0.1) is 0 Å². The molecule has 0 bridgehead atoms. The van der Waals surface area contributed by atoms with Gasteiger partial charge in [-0.05, 0) is 57.4 Å². The molecule has 2 N–H and O–H groups in total. The Morgan fingerprint density at radius 2 is 1.96 bits per heavy atom. The number of aliphatic hydroxyl groups excluding tert-OH is 1. The van der Waals surface area contributed by atoms with E-state index in [1.807, 2.05) is 6.07 Å².